The number of nitrogens with one attached hydrogen (secondary N) is 2. The van der Waals surface area contributed by atoms with E-state index in [4.69, 9.17) is 4.74 Å². The van der Waals surface area contributed by atoms with Crippen LogP contribution in [0.2, 0.25) is 0 Å². The van der Waals surface area contributed by atoms with Crippen molar-refractivity contribution in [2.45, 2.75) is 19.4 Å². The molecule has 0 saturated carbocycles. The van der Waals surface area contributed by atoms with Crippen LogP contribution in [0.5, 0.6) is 5.75 Å². The normalized spacial score (nSPS) is 17.4. The van der Waals surface area contributed by atoms with Gasteiger partial charge in [-0.15, -0.1) is 11.3 Å². The number of rotatable bonds is 5. The highest BCUT2D eigenvalue weighted by Gasteiger charge is 2.19. The second-order valence-electron chi connectivity index (χ2n) is 5.16. The van der Waals surface area contributed by atoms with Gasteiger partial charge in [-0.25, -0.2) is 4.98 Å². The van der Waals surface area contributed by atoms with Crippen molar-refractivity contribution in [2.75, 3.05) is 19.7 Å². The quantitative estimate of drug-likeness (QED) is 0.888. The predicted octanol–water partition coefficient (Wildman–Crippen LogP) is 2.30. The van der Waals surface area contributed by atoms with Gasteiger partial charge in [-0.2, -0.15) is 0 Å². The van der Waals surface area contributed by atoms with E-state index in [1.54, 1.807) is 0 Å². The molecule has 1 amide bonds. The van der Waals surface area contributed by atoms with Gasteiger partial charge in [0.05, 0.1) is 6.61 Å². The molecule has 0 bridgehead atoms. The van der Waals surface area contributed by atoms with Gasteiger partial charge < -0.3 is 15.4 Å². The van der Waals surface area contributed by atoms with E-state index in [-0.39, 0.29) is 11.9 Å². The molecular formula is C16H19N3O2S. The third-order valence-electron chi connectivity index (χ3n) is 3.54. The Balaban J connectivity index is 1.68. The third-order valence-corrected chi connectivity index (χ3v) is 4.44. The highest BCUT2D eigenvalue weighted by molar-refractivity contribution is 7.13. The summed E-state index contributed by atoms with van der Waals surface area (Å²) in [5.74, 6) is 0.747. The van der Waals surface area contributed by atoms with Crippen LogP contribution in [-0.2, 0) is 0 Å². The number of amides is 1. The number of carbonyl (C=O) groups is 1. The zero-order valence-electron chi connectivity index (χ0n) is 12.5. The summed E-state index contributed by atoms with van der Waals surface area (Å²) in [5.41, 5.74) is 1.48. The minimum atomic E-state index is -0.0952. The fraction of sp³-hybridized carbons (Fsp3) is 0.375. The molecule has 1 aliphatic heterocycles. The molecule has 1 unspecified atom stereocenters. The van der Waals surface area contributed by atoms with Crippen LogP contribution in [0, 0.1) is 0 Å². The number of aromatic nitrogens is 1. The topological polar surface area (TPSA) is 63.2 Å². The van der Waals surface area contributed by atoms with E-state index in [0.717, 1.165) is 35.8 Å². The molecule has 5 nitrogen and oxygen atoms in total. The number of nitrogens with zero attached hydrogens (tertiary/aromatic N) is 1. The summed E-state index contributed by atoms with van der Waals surface area (Å²) in [5, 5.41) is 8.89. The molecule has 116 valence electrons. The number of ether oxygens (including phenoxy) is 1. The van der Waals surface area contributed by atoms with Crippen LogP contribution in [0.4, 0.5) is 0 Å². The first-order valence-corrected chi connectivity index (χ1v) is 8.34. The van der Waals surface area contributed by atoms with Crippen molar-refractivity contribution in [3.8, 4) is 16.3 Å². The average molecular weight is 317 g/mol. The standard InChI is InChI=1S/C16H19N3O2S/c1-2-21-13-5-3-11(4-6-13)16-19-14(10-22-16)15(20)18-12-7-8-17-9-12/h3-6,10,12,17H,2,7-9H2,1H3,(H,18,20). The first-order chi connectivity index (χ1) is 10.8. The molecule has 2 N–H and O–H groups in total. The van der Waals surface area contributed by atoms with Crippen LogP contribution in [0.25, 0.3) is 10.6 Å². The van der Waals surface area contributed by atoms with Crippen molar-refractivity contribution in [3.05, 3.63) is 35.3 Å². The summed E-state index contributed by atoms with van der Waals surface area (Å²) < 4.78 is 5.43. The van der Waals surface area contributed by atoms with Crippen molar-refractivity contribution in [2.24, 2.45) is 0 Å². The zero-order chi connectivity index (χ0) is 15.4. The van der Waals surface area contributed by atoms with Crippen LogP contribution >= 0.6 is 11.3 Å². The van der Waals surface area contributed by atoms with Crippen LogP contribution in [0.15, 0.2) is 29.6 Å². The molecule has 1 aromatic carbocycles. The maximum Gasteiger partial charge on any atom is 0.271 e. The number of hydrogen-bond acceptors (Lipinski definition) is 5. The summed E-state index contributed by atoms with van der Waals surface area (Å²) in [4.78, 5) is 16.6. The summed E-state index contributed by atoms with van der Waals surface area (Å²) in [6.07, 6.45) is 0.974. The van der Waals surface area contributed by atoms with Crippen LogP contribution in [0.1, 0.15) is 23.8 Å². The molecular weight excluding hydrogens is 298 g/mol. The Labute approximate surface area is 133 Å². The summed E-state index contributed by atoms with van der Waals surface area (Å²) in [6, 6.07) is 7.98. The molecule has 3 rings (SSSR count). The molecule has 1 atom stereocenters. The highest BCUT2D eigenvalue weighted by Crippen LogP contribution is 2.25. The number of thiazole rings is 1. The summed E-state index contributed by atoms with van der Waals surface area (Å²) in [7, 11) is 0. The minimum absolute atomic E-state index is 0.0952. The maximum atomic E-state index is 12.2. The summed E-state index contributed by atoms with van der Waals surface area (Å²) in [6.45, 7) is 4.40. The van der Waals surface area contributed by atoms with Gasteiger partial charge in [0, 0.05) is 23.5 Å². The lowest BCUT2D eigenvalue weighted by atomic mass is 10.2. The zero-order valence-corrected chi connectivity index (χ0v) is 13.3. The molecule has 1 aliphatic rings. The largest absolute Gasteiger partial charge is 0.494 e. The molecule has 1 saturated heterocycles. The van der Waals surface area contributed by atoms with E-state index in [1.807, 2.05) is 36.6 Å². The number of benzene rings is 1. The SMILES string of the molecule is CCOc1ccc(-c2nc(C(=O)NC3CCNC3)cs2)cc1. The van der Waals surface area contributed by atoms with E-state index < -0.39 is 0 Å². The third kappa shape index (κ3) is 3.45. The van der Waals surface area contributed by atoms with Gasteiger partial charge in [0.25, 0.3) is 5.91 Å². The van der Waals surface area contributed by atoms with Gasteiger partial charge in [0.15, 0.2) is 0 Å². The molecule has 1 fully saturated rings. The fourth-order valence-corrected chi connectivity index (χ4v) is 3.21. The van der Waals surface area contributed by atoms with Gasteiger partial charge in [-0.05, 0) is 44.2 Å². The first kappa shape index (κ1) is 15.0. The fourth-order valence-electron chi connectivity index (χ4n) is 2.41. The minimum Gasteiger partial charge on any atom is -0.494 e. The van der Waals surface area contributed by atoms with E-state index in [0.29, 0.717) is 12.3 Å². The molecule has 0 radical (unpaired) electrons. The Bertz CT molecular complexity index is 633. The first-order valence-electron chi connectivity index (χ1n) is 7.46. The van der Waals surface area contributed by atoms with E-state index in [9.17, 15) is 4.79 Å². The molecule has 2 heterocycles. The van der Waals surface area contributed by atoms with Crippen molar-refractivity contribution in [1.82, 2.24) is 15.6 Å². The molecule has 22 heavy (non-hydrogen) atoms. The molecule has 1 aromatic heterocycles. The Morgan fingerprint density at radius 1 is 1.45 bits per heavy atom. The van der Waals surface area contributed by atoms with Crippen molar-refractivity contribution in [1.29, 1.82) is 0 Å². The second-order valence-corrected chi connectivity index (χ2v) is 6.02. The van der Waals surface area contributed by atoms with Gasteiger partial charge in [-0.3, -0.25) is 4.79 Å². The van der Waals surface area contributed by atoms with Gasteiger partial charge in [-0.1, -0.05) is 0 Å². The van der Waals surface area contributed by atoms with E-state index in [1.165, 1.54) is 11.3 Å². The predicted molar refractivity (Wildman–Crippen MR) is 87.5 cm³/mol. The van der Waals surface area contributed by atoms with E-state index in [2.05, 4.69) is 15.6 Å². The second kappa shape index (κ2) is 6.89. The van der Waals surface area contributed by atoms with Gasteiger partial charge in [0.2, 0.25) is 0 Å². The van der Waals surface area contributed by atoms with Crippen molar-refractivity contribution in [3.63, 3.8) is 0 Å². The Morgan fingerprint density at radius 2 is 2.27 bits per heavy atom. The van der Waals surface area contributed by atoms with E-state index >= 15 is 0 Å². The average Bonchev–Trinajstić information content (AvgIpc) is 3.19. The van der Waals surface area contributed by atoms with Gasteiger partial charge >= 0.3 is 0 Å². The lowest BCUT2D eigenvalue weighted by Gasteiger charge is -2.09. The number of hydrogen-bond donors (Lipinski definition) is 2. The lowest BCUT2D eigenvalue weighted by Crippen LogP contribution is -2.36. The lowest BCUT2D eigenvalue weighted by molar-refractivity contribution is 0.0936. The maximum absolute atomic E-state index is 12.2. The van der Waals surface area contributed by atoms with Crippen LogP contribution in [0.3, 0.4) is 0 Å². The van der Waals surface area contributed by atoms with Crippen molar-refractivity contribution >= 4 is 17.2 Å². The van der Waals surface area contributed by atoms with Crippen LogP contribution < -0.4 is 15.4 Å². The Morgan fingerprint density at radius 3 is 2.95 bits per heavy atom. The number of carbonyl (C=O) groups excluding carboxylic acids is 1. The Hall–Kier alpha value is -1.92. The Kier molecular flexibility index (Phi) is 4.70. The summed E-state index contributed by atoms with van der Waals surface area (Å²) >= 11 is 1.48. The highest BCUT2D eigenvalue weighted by atomic mass is 32.1. The van der Waals surface area contributed by atoms with Crippen LogP contribution in [-0.4, -0.2) is 36.6 Å². The van der Waals surface area contributed by atoms with Crippen molar-refractivity contribution < 1.29 is 9.53 Å². The monoisotopic (exact) mass is 317 g/mol. The molecule has 0 spiro atoms. The molecule has 0 aliphatic carbocycles. The smallest absolute Gasteiger partial charge is 0.271 e. The molecule has 2 aromatic rings. The van der Waals surface area contributed by atoms with Gasteiger partial charge in [0.1, 0.15) is 16.5 Å². The molecule has 6 heteroatoms.